The number of aliphatic hydroxyl groups excluding tert-OH is 1. The standard InChI is InChI=1S/C15H15N3O2/c16-18-17-14(10-19)13-8-4-5-9-15(13)20-11-12-6-2-1-3-7-12/h1-9,14,19H,10-11H2. The van der Waals surface area contributed by atoms with Crippen LogP contribution in [0.25, 0.3) is 10.4 Å². The first-order valence-corrected chi connectivity index (χ1v) is 6.26. The minimum atomic E-state index is -0.632. The van der Waals surface area contributed by atoms with Gasteiger partial charge in [0, 0.05) is 10.5 Å². The second-order valence-corrected chi connectivity index (χ2v) is 4.22. The Labute approximate surface area is 117 Å². The Morgan fingerprint density at radius 1 is 1.10 bits per heavy atom. The molecule has 0 amide bonds. The Morgan fingerprint density at radius 2 is 1.80 bits per heavy atom. The van der Waals surface area contributed by atoms with Gasteiger partial charge in [-0.1, -0.05) is 53.6 Å². The Bertz CT molecular complexity index is 595. The Balaban J connectivity index is 2.17. The van der Waals surface area contributed by atoms with Gasteiger partial charge in [-0.3, -0.25) is 0 Å². The molecule has 2 aromatic carbocycles. The van der Waals surface area contributed by atoms with E-state index in [0.717, 1.165) is 5.56 Å². The van der Waals surface area contributed by atoms with Crippen LogP contribution in [-0.2, 0) is 6.61 Å². The highest BCUT2D eigenvalue weighted by atomic mass is 16.5. The van der Waals surface area contributed by atoms with Crippen molar-refractivity contribution in [3.05, 3.63) is 76.2 Å². The van der Waals surface area contributed by atoms with Gasteiger partial charge in [0.25, 0.3) is 0 Å². The van der Waals surface area contributed by atoms with Gasteiger partial charge in [-0.2, -0.15) is 0 Å². The fourth-order valence-corrected chi connectivity index (χ4v) is 1.88. The molecule has 5 nitrogen and oxygen atoms in total. The summed E-state index contributed by atoms with van der Waals surface area (Å²) >= 11 is 0. The molecule has 0 aliphatic rings. The average molecular weight is 269 g/mol. The third-order valence-corrected chi connectivity index (χ3v) is 2.88. The van der Waals surface area contributed by atoms with Crippen LogP contribution in [0.3, 0.4) is 0 Å². The molecule has 0 saturated carbocycles. The lowest BCUT2D eigenvalue weighted by atomic mass is 10.1. The van der Waals surface area contributed by atoms with Gasteiger partial charge in [0.05, 0.1) is 12.6 Å². The van der Waals surface area contributed by atoms with Crippen LogP contribution in [0.4, 0.5) is 0 Å². The SMILES string of the molecule is [N-]=[N+]=NC(CO)c1ccccc1OCc1ccccc1. The summed E-state index contributed by atoms with van der Waals surface area (Å²) in [6.07, 6.45) is 0. The van der Waals surface area contributed by atoms with Crippen molar-refractivity contribution in [3.63, 3.8) is 0 Å². The Morgan fingerprint density at radius 3 is 2.50 bits per heavy atom. The zero-order valence-corrected chi connectivity index (χ0v) is 10.9. The third kappa shape index (κ3) is 3.51. The molecule has 0 aromatic heterocycles. The van der Waals surface area contributed by atoms with Gasteiger partial charge in [0.1, 0.15) is 12.4 Å². The fourth-order valence-electron chi connectivity index (χ4n) is 1.88. The summed E-state index contributed by atoms with van der Waals surface area (Å²) in [5.74, 6) is 0.614. The highest BCUT2D eigenvalue weighted by Gasteiger charge is 2.13. The molecule has 20 heavy (non-hydrogen) atoms. The first kappa shape index (κ1) is 13.9. The number of hydrogen-bond acceptors (Lipinski definition) is 3. The zero-order chi connectivity index (χ0) is 14.2. The molecular weight excluding hydrogens is 254 g/mol. The molecule has 1 N–H and O–H groups in total. The van der Waals surface area contributed by atoms with Crippen LogP contribution in [0, 0.1) is 0 Å². The van der Waals surface area contributed by atoms with E-state index < -0.39 is 6.04 Å². The number of ether oxygens (including phenoxy) is 1. The van der Waals surface area contributed by atoms with E-state index in [1.165, 1.54) is 0 Å². The van der Waals surface area contributed by atoms with Crippen molar-refractivity contribution in [3.8, 4) is 5.75 Å². The molecule has 0 saturated heterocycles. The minimum Gasteiger partial charge on any atom is -0.489 e. The van der Waals surface area contributed by atoms with E-state index in [1.54, 1.807) is 12.1 Å². The smallest absolute Gasteiger partial charge is 0.123 e. The quantitative estimate of drug-likeness (QED) is 0.494. The first-order chi connectivity index (χ1) is 9.85. The number of benzene rings is 2. The van der Waals surface area contributed by atoms with Crippen LogP contribution in [0.2, 0.25) is 0 Å². The van der Waals surface area contributed by atoms with E-state index in [9.17, 15) is 5.11 Å². The number of hydrogen-bond donors (Lipinski definition) is 1. The molecule has 0 fully saturated rings. The lowest BCUT2D eigenvalue weighted by Crippen LogP contribution is -2.04. The van der Waals surface area contributed by atoms with Crippen molar-refractivity contribution in [2.45, 2.75) is 12.6 Å². The second-order valence-electron chi connectivity index (χ2n) is 4.22. The maximum Gasteiger partial charge on any atom is 0.123 e. The highest BCUT2D eigenvalue weighted by Crippen LogP contribution is 2.28. The molecule has 102 valence electrons. The highest BCUT2D eigenvalue weighted by molar-refractivity contribution is 5.36. The molecule has 5 heteroatoms. The molecule has 2 rings (SSSR count). The molecule has 0 bridgehead atoms. The zero-order valence-electron chi connectivity index (χ0n) is 10.9. The summed E-state index contributed by atoms with van der Waals surface area (Å²) in [5, 5.41) is 12.9. The Hall–Kier alpha value is -2.49. The molecule has 0 aliphatic heterocycles. The van der Waals surface area contributed by atoms with E-state index in [2.05, 4.69) is 10.0 Å². The van der Waals surface area contributed by atoms with Gasteiger partial charge in [-0.25, -0.2) is 0 Å². The van der Waals surface area contributed by atoms with Crippen molar-refractivity contribution >= 4 is 0 Å². The van der Waals surface area contributed by atoms with Gasteiger partial charge in [0.15, 0.2) is 0 Å². The maximum absolute atomic E-state index is 9.30. The van der Waals surface area contributed by atoms with Crippen molar-refractivity contribution in [1.29, 1.82) is 0 Å². The van der Waals surface area contributed by atoms with Crippen LogP contribution in [0.5, 0.6) is 5.75 Å². The van der Waals surface area contributed by atoms with E-state index in [4.69, 9.17) is 10.3 Å². The van der Waals surface area contributed by atoms with Crippen LogP contribution in [0.15, 0.2) is 59.7 Å². The van der Waals surface area contributed by atoms with E-state index >= 15 is 0 Å². The van der Waals surface area contributed by atoms with Gasteiger partial charge in [-0.05, 0) is 17.2 Å². The first-order valence-electron chi connectivity index (χ1n) is 6.26. The van der Waals surface area contributed by atoms with Gasteiger partial charge >= 0.3 is 0 Å². The molecule has 1 unspecified atom stereocenters. The van der Waals surface area contributed by atoms with Crippen molar-refractivity contribution in [2.75, 3.05) is 6.61 Å². The minimum absolute atomic E-state index is 0.254. The van der Waals surface area contributed by atoms with Crippen LogP contribution in [0.1, 0.15) is 17.2 Å². The number of rotatable bonds is 6. The molecule has 0 spiro atoms. The summed E-state index contributed by atoms with van der Waals surface area (Å²) in [7, 11) is 0. The topological polar surface area (TPSA) is 78.2 Å². The summed E-state index contributed by atoms with van der Waals surface area (Å²) in [5.41, 5.74) is 10.3. The summed E-state index contributed by atoms with van der Waals surface area (Å²) in [4.78, 5) is 2.75. The molecule has 0 heterocycles. The van der Waals surface area contributed by atoms with Crippen molar-refractivity contribution in [1.82, 2.24) is 0 Å². The molecular formula is C15H15N3O2. The summed E-state index contributed by atoms with van der Waals surface area (Å²) in [6.45, 7) is 0.169. The summed E-state index contributed by atoms with van der Waals surface area (Å²) in [6, 6.07) is 16.4. The molecule has 0 radical (unpaired) electrons. The van der Waals surface area contributed by atoms with Crippen molar-refractivity contribution < 1.29 is 9.84 Å². The van der Waals surface area contributed by atoms with Gasteiger partial charge in [-0.15, -0.1) is 0 Å². The maximum atomic E-state index is 9.30. The van der Waals surface area contributed by atoms with Crippen LogP contribution in [-0.4, -0.2) is 11.7 Å². The molecule has 1 atom stereocenters. The fraction of sp³-hybridized carbons (Fsp3) is 0.200. The second kappa shape index (κ2) is 7.19. The van der Waals surface area contributed by atoms with Crippen LogP contribution < -0.4 is 4.74 Å². The van der Waals surface area contributed by atoms with Crippen LogP contribution >= 0.6 is 0 Å². The lowest BCUT2D eigenvalue weighted by Gasteiger charge is -2.15. The number of nitrogens with zero attached hydrogens (tertiary/aromatic N) is 3. The average Bonchev–Trinajstić information content (AvgIpc) is 2.52. The lowest BCUT2D eigenvalue weighted by molar-refractivity contribution is 0.257. The number of azide groups is 1. The number of aliphatic hydroxyl groups is 1. The van der Waals surface area contributed by atoms with E-state index in [1.807, 2.05) is 42.5 Å². The van der Waals surface area contributed by atoms with Gasteiger partial charge in [0.2, 0.25) is 0 Å². The molecule has 2 aromatic rings. The molecule has 0 aliphatic carbocycles. The van der Waals surface area contributed by atoms with E-state index in [0.29, 0.717) is 17.9 Å². The third-order valence-electron chi connectivity index (χ3n) is 2.88. The predicted octanol–water partition coefficient (Wildman–Crippen LogP) is 3.61. The Kier molecular flexibility index (Phi) is 5.00. The van der Waals surface area contributed by atoms with Crippen molar-refractivity contribution in [2.24, 2.45) is 5.11 Å². The normalized spacial score (nSPS) is 11.4. The summed E-state index contributed by atoms with van der Waals surface area (Å²) < 4.78 is 5.76. The number of para-hydroxylation sites is 1. The monoisotopic (exact) mass is 269 g/mol. The van der Waals surface area contributed by atoms with Gasteiger partial charge < -0.3 is 9.84 Å². The van der Waals surface area contributed by atoms with E-state index in [-0.39, 0.29) is 6.61 Å². The largest absolute Gasteiger partial charge is 0.489 e. The predicted molar refractivity (Wildman–Crippen MR) is 76.2 cm³/mol.